The summed E-state index contributed by atoms with van der Waals surface area (Å²) in [5.74, 6) is -0.357. The van der Waals surface area contributed by atoms with Crippen LogP contribution in [0, 0.1) is 20.2 Å². The lowest BCUT2D eigenvalue weighted by Gasteiger charge is -1.92. The molecular formula is C8H5N5O4. The van der Waals surface area contributed by atoms with Gasteiger partial charge in [-0.25, -0.2) is 0 Å². The first-order valence-corrected chi connectivity index (χ1v) is 4.39. The summed E-state index contributed by atoms with van der Waals surface area (Å²) >= 11 is 0. The molecule has 1 aromatic carbocycles. The van der Waals surface area contributed by atoms with Crippen LogP contribution in [0.5, 0.6) is 0 Å². The molecule has 0 fully saturated rings. The number of hydrogen-bond acceptors (Lipinski definition) is 6. The zero-order valence-electron chi connectivity index (χ0n) is 8.23. The van der Waals surface area contributed by atoms with Crippen molar-refractivity contribution in [1.82, 2.24) is 15.2 Å². The van der Waals surface area contributed by atoms with Gasteiger partial charge in [0.15, 0.2) is 0 Å². The highest BCUT2D eigenvalue weighted by atomic mass is 16.6. The Bertz CT molecular complexity index is 576. The fourth-order valence-electron chi connectivity index (χ4n) is 1.20. The summed E-state index contributed by atoms with van der Waals surface area (Å²) in [5.41, 5.74) is 0.388. The van der Waals surface area contributed by atoms with Crippen LogP contribution in [-0.4, -0.2) is 25.0 Å². The molecule has 0 unspecified atom stereocenters. The molecule has 0 atom stereocenters. The third-order valence-corrected chi connectivity index (χ3v) is 1.98. The largest absolute Gasteiger partial charge is 0.453 e. The van der Waals surface area contributed by atoms with Crippen molar-refractivity contribution in [1.29, 1.82) is 0 Å². The number of nitrogens with zero attached hydrogens (tertiary/aromatic N) is 4. The average Bonchev–Trinajstić information content (AvgIpc) is 2.78. The minimum absolute atomic E-state index is 0.0706. The van der Waals surface area contributed by atoms with Crippen molar-refractivity contribution in [3.63, 3.8) is 0 Å². The van der Waals surface area contributed by atoms with Crippen molar-refractivity contribution >= 4 is 11.6 Å². The van der Waals surface area contributed by atoms with Crippen LogP contribution in [-0.2, 0) is 0 Å². The van der Waals surface area contributed by atoms with E-state index >= 15 is 0 Å². The molecule has 86 valence electrons. The van der Waals surface area contributed by atoms with Crippen molar-refractivity contribution in [2.24, 2.45) is 0 Å². The zero-order valence-corrected chi connectivity index (χ0v) is 8.23. The van der Waals surface area contributed by atoms with Crippen molar-refractivity contribution in [2.45, 2.75) is 0 Å². The monoisotopic (exact) mass is 235 g/mol. The molecule has 0 aliphatic rings. The van der Waals surface area contributed by atoms with E-state index in [1.807, 2.05) is 0 Å². The number of H-pyrrole nitrogens is 1. The number of aromatic nitrogens is 3. The summed E-state index contributed by atoms with van der Waals surface area (Å²) in [4.78, 5) is 23.2. The SMILES string of the molecule is O=[N+]([O-])c1ccc(-c2n[nH]c([N+](=O)[O-])n2)cc1. The van der Waals surface area contributed by atoms with Gasteiger partial charge in [0.1, 0.15) is 0 Å². The van der Waals surface area contributed by atoms with E-state index in [1.54, 1.807) is 0 Å². The average molecular weight is 235 g/mol. The fourth-order valence-corrected chi connectivity index (χ4v) is 1.20. The molecule has 0 amide bonds. The van der Waals surface area contributed by atoms with E-state index in [2.05, 4.69) is 15.2 Å². The quantitative estimate of drug-likeness (QED) is 0.630. The van der Waals surface area contributed by atoms with E-state index in [0.29, 0.717) is 5.56 Å². The second-order valence-corrected chi connectivity index (χ2v) is 3.04. The molecule has 2 aromatic rings. The van der Waals surface area contributed by atoms with E-state index in [-0.39, 0.29) is 11.5 Å². The predicted octanol–water partition coefficient (Wildman–Crippen LogP) is 1.29. The number of nitro benzene ring substituents is 1. The first kappa shape index (κ1) is 10.7. The topological polar surface area (TPSA) is 128 Å². The normalized spacial score (nSPS) is 10.1. The number of nitrogens with one attached hydrogen (secondary N) is 1. The highest BCUT2D eigenvalue weighted by Crippen LogP contribution is 2.20. The second kappa shape index (κ2) is 3.96. The van der Waals surface area contributed by atoms with Crippen molar-refractivity contribution < 1.29 is 9.85 Å². The molecule has 0 saturated heterocycles. The van der Waals surface area contributed by atoms with Crippen LogP contribution < -0.4 is 0 Å². The Morgan fingerprint density at radius 2 is 1.71 bits per heavy atom. The Balaban J connectivity index is 2.33. The summed E-state index contributed by atoms with van der Waals surface area (Å²) in [6, 6.07) is 5.39. The lowest BCUT2D eigenvalue weighted by atomic mass is 10.2. The van der Waals surface area contributed by atoms with Crippen LogP contribution in [0.4, 0.5) is 11.6 Å². The van der Waals surface area contributed by atoms with Gasteiger partial charge in [-0.05, 0) is 22.0 Å². The molecular weight excluding hydrogens is 230 g/mol. The first-order valence-electron chi connectivity index (χ1n) is 4.39. The summed E-state index contributed by atoms with van der Waals surface area (Å²) in [7, 11) is 0. The maximum atomic E-state index is 10.4. The van der Waals surface area contributed by atoms with Crippen molar-refractivity contribution in [3.8, 4) is 11.4 Å². The molecule has 1 N–H and O–H groups in total. The molecule has 1 aromatic heterocycles. The van der Waals surface area contributed by atoms with Crippen LogP contribution in [0.1, 0.15) is 0 Å². The lowest BCUT2D eigenvalue weighted by Crippen LogP contribution is -1.89. The van der Waals surface area contributed by atoms with Gasteiger partial charge in [-0.2, -0.15) is 0 Å². The maximum absolute atomic E-state index is 10.4. The predicted molar refractivity (Wildman–Crippen MR) is 55.1 cm³/mol. The minimum atomic E-state index is -0.706. The molecule has 0 bridgehead atoms. The molecule has 0 radical (unpaired) electrons. The van der Waals surface area contributed by atoms with Crippen LogP contribution in [0.15, 0.2) is 24.3 Å². The zero-order chi connectivity index (χ0) is 12.4. The van der Waals surface area contributed by atoms with Gasteiger partial charge < -0.3 is 10.1 Å². The summed E-state index contributed by atoms with van der Waals surface area (Å²) in [6.45, 7) is 0. The third-order valence-electron chi connectivity index (χ3n) is 1.98. The standard InChI is InChI=1S/C8H5N5O4/c14-12(15)6-3-1-5(2-4-6)7-9-8(11-10-7)13(16)17/h1-4H,(H,9,10,11). The van der Waals surface area contributed by atoms with Gasteiger partial charge in [0.05, 0.1) is 4.92 Å². The van der Waals surface area contributed by atoms with Crippen LogP contribution in [0.3, 0.4) is 0 Å². The Morgan fingerprint density at radius 3 is 2.18 bits per heavy atom. The van der Waals surface area contributed by atoms with Crippen LogP contribution in [0.25, 0.3) is 11.4 Å². The third kappa shape index (κ3) is 2.07. The summed E-state index contributed by atoms with van der Waals surface area (Å²) in [6.07, 6.45) is 0. The first-order chi connectivity index (χ1) is 8.08. The number of rotatable bonds is 3. The highest BCUT2D eigenvalue weighted by Gasteiger charge is 2.16. The van der Waals surface area contributed by atoms with Crippen molar-refractivity contribution in [2.75, 3.05) is 0 Å². The minimum Gasteiger partial charge on any atom is -0.390 e. The molecule has 9 heteroatoms. The number of nitro groups is 2. The maximum Gasteiger partial charge on any atom is 0.453 e. The van der Waals surface area contributed by atoms with E-state index in [4.69, 9.17) is 0 Å². The van der Waals surface area contributed by atoms with Gasteiger partial charge in [-0.15, -0.1) is 5.10 Å². The summed E-state index contributed by atoms with van der Waals surface area (Å²) in [5, 5.41) is 26.6. The van der Waals surface area contributed by atoms with Gasteiger partial charge in [0.2, 0.25) is 0 Å². The molecule has 17 heavy (non-hydrogen) atoms. The Kier molecular flexibility index (Phi) is 2.49. The van der Waals surface area contributed by atoms with Crippen molar-refractivity contribution in [3.05, 3.63) is 44.5 Å². The van der Waals surface area contributed by atoms with Gasteiger partial charge in [0, 0.05) is 17.7 Å². The molecule has 2 rings (SSSR count). The fraction of sp³-hybridized carbons (Fsp3) is 0. The number of hydrogen-bond donors (Lipinski definition) is 1. The smallest absolute Gasteiger partial charge is 0.390 e. The van der Waals surface area contributed by atoms with E-state index in [9.17, 15) is 20.2 Å². The number of aromatic amines is 1. The van der Waals surface area contributed by atoms with E-state index in [0.717, 1.165) is 0 Å². The molecule has 9 nitrogen and oxygen atoms in total. The Labute approximate surface area is 93.4 Å². The second-order valence-electron chi connectivity index (χ2n) is 3.04. The lowest BCUT2D eigenvalue weighted by molar-refractivity contribution is -0.394. The number of non-ortho nitro benzene ring substituents is 1. The molecule has 0 saturated carbocycles. The summed E-state index contributed by atoms with van der Waals surface area (Å²) < 4.78 is 0. The Morgan fingerprint density at radius 1 is 1.06 bits per heavy atom. The van der Waals surface area contributed by atoms with Gasteiger partial charge in [0.25, 0.3) is 11.5 Å². The van der Waals surface area contributed by atoms with Crippen LogP contribution >= 0.6 is 0 Å². The molecule has 0 spiro atoms. The van der Waals surface area contributed by atoms with Gasteiger partial charge in [-0.3, -0.25) is 10.1 Å². The molecule has 0 aliphatic carbocycles. The van der Waals surface area contributed by atoms with E-state index in [1.165, 1.54) is 24.3 Å². The van der Waals surface area contributed by atoms with E-state index < -0.39 is 15.8 Å². The Hall–Kier alpha value is -2.84. The molecule has 1 heterocycles. The van der Waals surface area contributed by atoms with Gasteiger partial charge >= 0.3 is 5.95 Å². The highest BCUT2D eigenvalue weighted by molar-refractivity contribution is 5.57. The number of benzene rings is 1. The van der Waals surface area contributed by atoms with Gasteiger partial charge in [-0.1, -0.05) is 5.10 Å². The van der Waals surface area contributed by atoms with Crippen LogP contribution in [0.2, 0.25) is 0 Å². The molecule has 0 aliphatic heterocycles.